The first-order valence-electron chi connectivity index (χ1n) is 6.49. The van der Waals surface area contributed by atoms with Crippen molar-refractivity contribution in [3.8, 4) is 0 Å². The number of rotatable bonds is 4. The quantitative estimate of drug-likeness (QED) is 0.888. The molecule has 0 bridgehead atoms. The zero-order valence-corrected chi connectivity index (χ0v) is 10.8. The summed E-state index contributed by atoms with van der Waals surface area (Å²) < 4.78 is 25.9. The zero-order valence-electron chi connectivity index (χ0n) is 10.8. The molecule has 1 aliphatic heterocycles. The molecule has 0 radical (unpaired) electrons. The second kappa shape index (κ2) is 6.25. The Morgan fingerprint density at radius 3 is 2.67 bits per heavy atom. The van der Waals surface area contributed by atoms with Gasteiger partial charge in [0.05, 0.1) is 6.67 Å². The van der Waals surface area contributed by atoms with Gasteiger partial charge in [0.15, 0.2) is 0 Å². The Kier molecular flexibility index (Phi) is 4.66. The van der Waals surface area contributed by atoms with E-state index < -0.39 is 0 Å². The van der Waals surface area contributed by atoms with Crippen molar-refractivity contribution < 1.29 is 8.78 Å². The highest BCUT2D eigenvalue weighted by Gasteiger charge is 2.23. The van der Waals surface area contributed by atoms with Crippen LogP contribution in [0.15, 0.2) is 18.2 Å². The van der Waals surface area contributed by atoms with E-state index in [2.05, 4.69) is 10.2 Å². The topological polar surface area (TPSA) is 15.3 Å². The maximum Gasteiger partial charge on any atom is 0.123 e. The van der Waals surface area contributed by atoms with Crippen molar-refractivity contribution in [3.63, 3.8) is 0 Å². The Balaban J connectivity index is 2.22. The first-order valence-corrected chi connectivity index (χ1v) is 6.49. The van der Waals surface area contributed by atoms with Crippen molar-refractivity contribution in [3.05, 3.63) is 35.1 Å². The van der Waals surface area contributed by atoms with Crippen molar-refractivity contribution in [2.75, 3.05) is 32.9 Å². The van der Waals surface area contributed by atoms with Crippen LogP contribution < -0.4 is 5.32 Å². The molecule has 1 aliphatic rings. The Labute approximate surface area is 107 Å². The lowest BCUT2D eigenvalue weighted by molar-refractivity contribution is 0.157. The summed E-state index contributed by atoms with van der Waals surface area (Å²) in [6.07, 6.45) is 0.479. The van der Waals surface area contributed by atoms with Gasteiger partial charge in [-0.05, 0) is 36.6 Å². The number of alkyl halides is 1. The molecule has 2 rings (SSSR count). The standard InChI is InChI=1S/C14H20F2N2/c1-11-10-12(16)2-3-13(11)14(4-5-15)18-8-6-17-7-9-18/h2-3,10,14,17H,4-9H2,1H3/t14-/m0/s1. The third-order valence-corrected chi connectivity index (χ3v) is 3.57. The van der Waals surface area contributed by atoms with Crippen molar-refractivity contribution in [2.45, 2.75) is 19.4 Å². The number of halogens is 2. The van der Waals surface area contributed by atoms with Crippen LogP contribution in [0.25, 0.3) is 0 Å². The van der Waals surface area contributed by atoms with E-state index in [4.69, 9.17) is 0 Å². The lowest BCUT2D eigenvalue weighted by Crippen LogP contribution is -2.45. The van der Waals surface area contributed by atoms with Crippen molar-refractivity contribution in [1.82, 2.24) is 10.2 Å². The van der Waals surface area contributed by atoms with Crippen LogP contribution in [0.4, 0.5) is 8.78 Å². The molecule has 100 valence electrons. The van der Waals surface area contributed by atoms with Crippen LogP contribution in [0.3, 0.4) is 0 Å². The summed E-state index contributed by atoms with van der Waals surface area (Å²) in [7, 11) is 0. The molecule has 4 heteroatoms. The molecule has 0 unspecified atom stereocenters. The Hall–Kier alpha value is -1.00. The number of aryl methyl sites for hydroxylation is 1. The second-order valence-corrected chi connectivity index (χ2v) is 4.78. The summed E-state index contributed by atoms with van der Waals surface area (Å²) in [6, 6.07) is 4.86. The Morgan fingerprint density at radius 1 is 1.33 bits per heavy atom. The summed E-state index contributed by atoms with van der Waals surface area (Å²) in [6.45, 7) is 5.26. The molecule has 0 saturated carbocycles. The largest absolute Gasteiger partial charge is 0.314 e. The van der Waals surface area contributed by atoms with E-state index in [1.54, 1.807) is 6.07 Å². The fourth-order valence-corrected chi connectivity index (χ4v) is 2.64. The van der Waals surface area contributed by atoms with Gasteiger partial charge in [-0.2, -0.15) is 0 Å². The summed E-state index contributed by atoms with van der Waals surface area (Å²) in [4.78, 5) is 2.29. The maximum absolute atomic E-state index is 13.1. The molecule has 1 N–H and O–H groups in total. The molecule has 0 spiro atoms. The van der Waals surface area contributed by atoms with Crippen LogP contribution in [-0.2, 0) is 0 Å². The monoisotopic (exact) mass is 254 g/mol. The van der Waals surface area contributed by atoms with Crippen LogP contribution in [0, 0.1) is 12.7 Å². The predicted octanol–water partition coefficient (Wildman–Crippen LogP) is 2.44. The van der Waals surface area contributed by atoms with E-state index in [-0.39, 0.29) is 18.5 Å². The molecule has 18 heavy (non-hydrogen) atoms. The highest BCUT2D eigenvalue weighted by Crippen LogP contribution is 2.28. The molecule has 1 fully saturated rings. The zero-order chi connectivity index (χ0) is 13.0. The highest BCUT2D eigenvalue weighted by molar-refractivity contribution is 5.29. The number of benzene rings is 1. The normalized spacial score (nSPS) is 18.8. The number of nitrogens with one attached hydrogen (secondary N) is 1. The van der Waals surface area contributed by atoms with Gasteiger partial charge in [0, 0.05) is 32.2 Å². The maximum atomic E-state index is 13.1. The summed E-state index contributed by atoms with van der Waals surface area (Å²) in [5.41, 5.74) is 1.96. The van der Waals surface area contributed by atoms with Gasteiger partial charge < -0.3 is 5.32 Å². The average molecular weight is 254 g/mol. The first kappa shape index (κ1) is 13.4. The molecule has 0 amide bonds. The minimum atomic E-state index is -0.342. The van der Waals surface area contributed by atoms with Crippen molar-refractivity contribution in [1.29, 1.82) is 0 Å². The molecule has 0 aliphatic carbocycles. The number of hydrogen-bond donors (Lipinski definition) is 1. The van der Waals surface area contributed by atoms with Gasteiger partial charge in [-0.15, -0.1) is 0 Å². The lowest BCUT2D eigenvalue weighted by Gasteiger charge is -2.35. The molecule has 0 aromatic heterocycles. The number of hydrogen-bond acceptors (Lipinski definition) is 2. The molecular formula is C14H20F2N2. The number of piperazine rings is 1. The summed E-state index contributed by atoms with van der Waals surface area (Å²) in [5.74, 6) is -0.226. The van der Waals surface area contributed by atoms with E-state index in [0.717, 1.165) is 37.3 Å². The Bertz CT molecular complexity index is 389. The third-order valence-electron chi connectivity index (χ3n) is 3.57. The fourth-order valence-electron chi connectivity index (χ4n) is 2.64. The van der Waals surface area contributed by atoms with Crippen LogP contribution >= 0.6 is 0 Å². The molecule has 1 saturated heterocycles. The summed E-state index contributed by atoms with van der Waals surface area (Å²) in [5, 5.41) is 3.29. The van der Waals surface area contributed by atoms with Crippen molar-refractivity contribution in [2.24, 2.45) is 0 Å². The summed E-state index contributed by atoms with van der Waals surface area (Å²) >= 11 is 0. The van der Waals surface area contributed by atoms with E-state index >= 15 is 0 Å². The van der Waals surface area contributed by atoms with Crippen molar-refractivity contribution >= 4 is 0 Å². The molecular weight excluding hydrogens is 234 g/mol. The fraction of sp³-hybridized carbons (Fsp3) is 0.571. The SMILES string of the molecule is Cc1cc(F)ccc1[C@H](CCF)N1CCNCC1. The van der Waals surface area contributed by atoms with E-state index in [1.165, 1.54) is 12.1 Å². The van der Waals surface area contributed by atoms with Gasteiger partial charge in [0.25, 0.3) is 0 Å². The smallest absolute Gasteiger partial charge is 0.123 e. The minimum absolute atomic E-state index is 0.0673. The minimum Gasteiger partial charge on any atom is -0.314 e. The Morgan fingerprint density at radius 2 is 2.06 bits per heavy atom. The van der Waals surface area contributed by atoms with Gasteiger partial charge in [-0.3, -0.25) is 9.29 Å². The van der Waals surface area contributed by atoms with Gasteiger partial charge in [-0.25, -0.2) is 4.39 Å². The van der Waals surface area contributed by atoms with E-state index in [0.29, 0.717) is 6.42 Å². The van der Waals surface area contributed by atoms with Crippen LogP contribution in [0.1, 0.15) is 23.6 Å². The first-order chi connectivity index (χ1) is 8.72. The van der Waals surface area contributed by atoms with Gasteiger partial charge in [0.1, 0.15) is 5.82 Å². The third kappa shape index (κ3) is 3.06. The van der Waals surface area contributed by atoms with Crippen LogP contribution in [-0.4, -0.2) is 37.8 Å². The van der Waals surface area contributed by atoms with Gasteiger partial charge in [-0.1, -0.05) is 6.07 Å². The van der Waals surface area contributed by atoms with Crippen LogP contribution in [0.5, 0.6) is 0 Å². The lowest BCUT2D eigenvalue weighted by atomic mass is 9.97. The molecule has 1 aromatic rings. The molecule has 1 heterocycles. The highest BCUT2D eigenvalue weighted by atomic mass is 19.1. The van der Waals surface area contributed by atoms with Crippen LogP contribution in [0.2, 0.25) is 0 Å². The van der Waals surface area contributed by atoms with Gasteiger partial charge >= 0.3 is 0 Å². The second-order valence-electron chi connectivity index (χ2n) is 4.78. The van der Waals surface area contributed by atoms with E-state index in [9.17, 15) is 8.78 Å². The number of nitrogens with zero attached hydrogens (tertiary/aromatic N) is 1. The molecule has 1 atom stereocenters. The average Bonchev–Trinajstić information content (AvgIpc) is 2.38. The molecule has 2 nitrogen and oxygen atoms in total. The van der Waals surface area contributed by atoms with E-state index in [1.807, 2.05) is 6.92 Å². The molecule has 1 aromatic carbocycles. The predicted molar refractivity (Wildman–Crippen MR) is 68.9 cm³/mol. The van der Waals surface area contributed by atoms with Gasteiger partial charge in [0.2, 0.25) is 0 Å².